The van der Waals surface area contributed by atoms with Gasteiger partial charge in [-0.3, -0.25) is 9.59 Å². The average Bonchev–Trinajstić information content (AvgIpc) is 3.16. The van der Waals surface area contributed by atoms with Crippen molar-refractivity contribution in [2.24, 2.45) is 0 Å². The van der Waals surface area contributed by atoms with Gasteiger partial charge in [-0.2, -0.15) is 0 Å². The highest BCUT2D eigenvalue weighted by Gasteiger charge is 2.34. The Balaban J connectivity index is 1.65. The molecule has 0 aromatic heterocycles. The first kappa shape index (κ1) is 22.7. The zero-order valence-electron chi connectivity index (χ0n) is 18.5. The summed E-state index contributed by atoms with van der Waals surface area (Å²) in [4.78, 5) is 28.0. The molecule has 3 aromatic rings. The van der Waals surface area contributed by atoms with E-state index < -0.39 is 6.04 Å². The quantitative estimate of drug-likeness (QED) is 0.479. The highest BCUT2D eigenvalue weighted by atomic mass is 35.5. The number of halogens is 1. The van der Waals surface area contributed by atoms with Crippen LogP contribution in [0.25, 0.3) is 0 Å². The van der Waals surface area contributed by atoms with Gasteiger partial charge < -0.3 is 19.7 Å². The van der Waals surface area contributed by atoms with Crippen LogP contribution in [-0.2, 0) is 11.3 Å². The maximum Gasteiger partial charge on any atom is 0.255 e. The molecule has 1 heterocycles. The lowest BCUT2D eigenvalue weighted by Gasteiger charge is -2.28. The van der Waals surface area contributed by atoms with Crippen molar-refractivity contribution in [3.8, 4) is 11.5 Å². The van der Waals surface area contributed by atoms with Crippen molar-refractivity contribution in [1.29, 1.82) is 0 Å². The molecule has 0 spiro atoms. The van der Waals surface area contributed by atoms with Gasteiger partial charge in [-0.25, -0.2) is 0 Å². The molecule has 0 aliphatic carbocycles. The third-order valence-corrected chi connectivity index (χ3v) is 5.86. The van der Waals surface area contributed by atoms with Crippen LogP contribution in [0.2, 0.25) is 5.02 Å². The summed E-state index contributed by atoms with van der Waals surface area (Å²) in [6.07, 6.45) is 0.0828. The fourth-order valence-electron chi connectivity index (χ4n) is 4.02. The second-order valence-corrected chi connectivity index (χ2v) is 8.14. The topological polar surface area (TPSA) is 67.9 Å². The summed E-state index contributed by atoms with van der Waals surface area (Å²) in [6.45, 7) is 2.84. The number of hydrogen-bond acceptors (Lipinski definition) is 4. The Morgan fingerprint density at radius 2 is 1.85 bits per heavy atom. The minimum atomic E-state index is -0.484. The number of anilines is 1. The van der Waals surface area contributed by atoms with E-state index in [2.05, 4.69) is 5.32 Å². The van der Waals surface area contributed by atoms with Gasteiger partial charge in [0, 0.05) is 22.8 Å². The Hall–Kier alpha value is -3.51. The molecule has 1 aliphatic heterocycles. The molecule has 33 heavy (non-hydrogen) atoms. The molecule has 0 bridgehead atoms. The molecule has 4 rings (SSSR count). The molecule has 1 N–H and O–H groups in total. The van der Waals surface area contributed by atoms with Gasteiger partial charge in [0.1, 0.15) is 0 Å². The highest BCUT2D eigenvalue weighted by molar-refractivity contribution is 6.30. The van der Waals surface area contributed by atoms with E-state index in [1.165, 1.54) is 0 Å². The highest BCUT2D eigenvalue weighted by Crippen LogP contribution is 2.37. The minimum absolute atomic E-state index is 0.0828. The Morgan fingerprint density at radius 1 is 1.09 bits per heavy atom. The lowest BCUT2D eigenvalue weighted by Crippen LogP contribution is -2.32. The van der Waals surface area contributed by atoms with Crippen molar-refractivity contribution < 1.29 is 19.1 Å². The standard InChI is InChI=1S/C26H25ClN2O4/c1-3-33-23-13-8-17(14-24(23)32-2)22(15-25(30)28-20-11-9-19(27)10-12-20)29-16-18-6-4-5-7-21(18)26(29)31/h4-14,22H,3,15-16H2,1-2H3,(H,28,30)/t22-/m0/s1. The first-order valence-corrected chi connectivity index (χ1v) is 11.1. The van der Waals surface area contributed by atoms with E-state index in [0.29, 0.717) is 40.9 Å². The number of nitrogens with zero attached hydrogens (tertiary/aromatic N) is 1. The van der Waals surface area contributed by atoms with Crippen molar-refractivity contribution in [1.82, 2.24) is 4.90 Å². The third kappa shape index (κ3) is 4.96. The Bertz CT molecular complexity index is 1160. The Labute approximate surface area is 198 Å². The van der Waals surface area contributed by atoms with E-state index >= 15 is 0 Å². The number of ether oxygens (including phenoxy) is 2. The summed E-state index contributed by atoms with van der Waals surface area (Å²) in [5.41, 5.74) is 3.05. The number of methoxy groups -OCH3 is 1. The van der Waals surface area contributed by atoms with Gasteiger partial charge in [0.05, 0.1) is 26.2 Å². The molecule has 0 saturated carbocycles. The molecule has 0 radical (unpaired) electrons. The fraction of sp³-hybridized carbons (Fsp3) is 0.231. The zero-order chi connectivity index (χ0) is 23.4. The molecule has 0 fully saturated rings. The smallest absolute Gasteiger partial charge is 0.255 e. The molecule has 0 saturated heterocycles. The van der Waals surface area contributed by atoms with Crippen LogP contribution in [0.15, 0.2) is 66.7 Å². The van der Waals surface area contributed by atoms with E-state index in [9.17, 15) is 9.59 Å². The number of amides is 2. The molecule has 7 heteroatoms. The van der Waals surface area contributed by atoms with Crippen LogP contribution >= 0.6 is 11.6 Å². The van der Waals surface area contributed by atoms with Gasteiger partial charge in [0.25, 0.3) is 5.91 Å². The van der Waals surface area contributed by atoms with Crippen molar-refractivity contribution >= 4 is 29.1 Å². The van der Waals surface area contributed by atoms with E-state index in [0.717, 1.165) is 11.1 Å². The molecular formula is C26H25ClN2O4. The molecule has 3 aromatic carbocycles. The normalized spacial score (nSPS) is 13.4. The maximum absolute atomic E-state index is 13.2. The van der Waals surface area contributed by atoms with E-state index in [1.807, 2.05) is 49.4 Å². The first-order valence-electron chi connectivity index (χ1n) is 10.7. The molecule has 0 unspecified atom stereocenters. The zero-order valence-corrected chi connectivity index (χ0v) is 19.3. The van der Waals surface area contributed by atoms with Crippen molar-refractivity contribution in [3.63, 3.8) is 0 Å². The largest absolute Gasteiger partial charge is 0.493 e. The van der Waals surface area contributed by atoms with Crippen molar-refractivity contribution in [2.75, 3.05) is 19.0 Å². The van der Waals surface area contributed by atoms with Crippen molar-refractivity contribution in [3.05, 3.63) is 88.4 Å². The van der Waals surface area contributed by atoms with Gasteiger partial charge >= 0.3 is 0 Å². The van der Waals surface area contributed by atoms with Crippen LogP contribution in [0.4, 0.5) is 5.69 Å². The first-order chi connectivity index (χ1) is 16.0. The SMILES string of the molecule is CCOc1ccc([C@H](CC(=O)Nc2ccc(Cl)cc2)N2Cc3ccccc3C2=O)cc1OC. The molecule has 1 atom stereocenters. The van der Waals surface area contributed by atoms with Crippen molar-refractivity contribution in [2.45, 2.75) is 25.9 Å². The lowest BCUT2D eigenvalue weighted by molar-refractivity contribution is -0.117. The molecule has 170 valence electrons. The number of benzene rings is 3. The second kappa shape index (κ2) is 9.96. The second-order valence-electron chi connectivity index (χ2n) is 7.71. The van der Waals surface area contributed by atoms with Gasteiger partial charge in [-0.15, -0.1) is 0 Å². The predicted octanol–water partition coefficient (Wildman–Crippen LogP) is 5.47. The number of fused-ring (bicyclic) bond motifs is 1. The summed E-state index contributed by atoms with van der Waals surface area (Å²) < 4.78 is 11.1. The summed E-state index contributed by atoms with van der Waals surface area (Å²) in [6, 6.07) is 19.5. The van der Waals surface area contributed by atoms with Gasteiger partial charge in [0.15, 0.2) is 11.5 Å². The fourth-order valence-corrected chi connectivity index (χ4v) is 4.15. The van der Waals surface area contributed by atoms with Crippen LogP contribution in [-0.4, -0.2) is 30.4 Å². The maximum atomic E-state index is 13.2. The van der Waals surface area contributed by atoms with Crippen LogP contribution in [0.1, 0.15) is 40.9 Å². The number of hydrogen-bond donors (Lipinski definition) is 1. The summed E-state index contributed by atoms with van der Waals surface area (Å²) in [5.74, 6) is 0.868. The van der Waals surface area contributed by atoms with E-state index in [4.69, 9.17) is 21.1 Å². The van der Waals surface area contributed by atoms with E-state index in [1.54, 1.807) is 36.3 Å². The summed E-state index contributed by atoms with van der Waals surface area (Å²) in [7, 11) is 1.57. The Morgan fingerprint density at radius 3 is 2.55 bits per heavy atom. The van der Waals surface area contributed by atoms with Gasteiger partial charge in [0.2, 0.25) is 5.91 Å². The molecule has 2 amide bonds. The molecular weight excluding hydrogens is 440 g/mol. The van der Waals surface area contributed by atoms with Crippen LogP contribution in [0.5, 0.6) is 11.5 Å². The monoisotopic (exact) mass is 464 g/mol. The Kier molecular flexibility index (Phi) is 6.84. The van der Waals surface area contributed by atoms with Gasteiger partial charge in [-0.05, 0) is 60.5 Å². The third-order valence-electron chi connectivity index (χ3n) is 5.60. The number of nitrogens with one attached hydrogen (secondary N) is 1. The van der Waals surface area contributed by atoms with Crippen LogP contribution < -0.4 is 14.8 Å². The summed E-state index contributed by atoms with van der Waals surface area (Å²) >= 11 is 5.94. The lowest BCUT2D eigenvalue weighted by atomic mass is 10.0. The number of carbonyl (C=O) groups is 2. The number of carbonyl (C=O) groups excluding carboxylic acids is 2. The molecule has 1 aliphatic rings. The van der Waals surface area contributed by atoms with Crippen LogP contribution in [0, 0.1) is 0 Å². The van der Waals surface area contributed by atoms with E-state index in [-0.39, 0.29) is 18.2 Å². The van der Waals surface area contributed by atoms with Gasteiger partial charge in [-0.1, -0.05) is 35.9 Å². The summed E-state index contributed by atoms with van der Waals surface area (Å²) in [5, 5.41) is 3.49. The molecule has 6 nitrogen and oxygen atoms in total. The number of rotatable bonds is 8. The minimum Gasteiger partial charge on any atom is -0.493 e. The average molecular weight is 465 g/mol. The van der Waals surface area contributed by atoms with Crippen LogP contribution in [0.3, 0.4) is 0 Å². The predicted molar refractivity (Wildman–Crippen MR) is 128 cm³/mol.